The summed E-state index contributed by atoms with van der Waals surface area (Å²) < 4.78 is 33.4. The molecule has 1 aliphatic rings. The van der Waals surface area contributed by atoms with Crippen LogP contribution < -0.4 is 4.31 Å². The normalized spacial score (nSPS) is 17.6. The minimum absolute atomic E-state index is 0.213. The predicted molar refractivity (Wildman–Crippen MR) is 141 cm³/mol. The number of para-hydroxylation sites is 1. The third-order valence-electron chi connectivity index (χ3n) is 5.97. The lowest BCUT2D eigenvalue weighted by Crippen LogP contribution is -2.28. The Bertz CT molecular complexity index is 1360. The molecule has 5 rings (SSSR count). The molecule has 0 aromatic heterocycles. The Hall–Kier alpha value is -3.35. The Kier molecular flexibility index (Phi) is 6.02. The minimum Gasteiger partial charge on any atom is -0.282 e. The Balaban J connectivity index is 1.74. The summed E-state index contributed by atoms with van der Waals surface area (Å²) in [6.45, 7) is 1.94. The number of rotatable bonds is 5. The summed E-state index contributed by atoms with van der Waals surface area (Å²) in [5.41, 5.74) is 1.95. The lowest BCUT2D eigenvalue weighted by Gasteiger charge is -2.45. The number of nitrogens with zero attached hydrogens (tertiary/aromatic N) is 2. The molecule has 0 bridgehead atoms. The number of hydrogen-bond donors (Lipinski definition) is 0. The van der Waals surface area contributed by atoms with Crippen LogP contribution in [0.2, 0.25) is 0 Å². The summed E-state index contributed by atoms with van der Waals surface area (Å²) in [4.78, 5) is 2.58. The van der Waals surface area contributed by atoms with Gasteiger partial charge in [0, 0.05) is 22.0 Å². The lowest BCUT2D eigenvalue weighted by atomic mass is 10.2. The zero-order chi connectivity index (χ0) is 23.6. The number of anilines is 1. The lowest BCUT2D eigenvalue weighted by molar-refractivity contribution is 0.598. The van der Waals surface area contributed by atoms with Crippen LogP contribution in [0, 0.1) is 6.92 Å². The molecule has 1 heterocycles. The first-order valence-corrected chi connectivity index (χ1v) is 14.4. The highest BCUT2D eigenvalue weighted by Crippen LogP contribution is 2.69. The number of sulfonamides is 1. The molecule has 4 nitrogen and oxygen atoms in total. The maximum absolute atomic E-state index is 13.4. The zero-order valence-electron chi connectivity index (χ0n) is 18.9. The number of aryl methyl sites for hydroxylation is 1. The Morgan fingerprint density at radius 3 is 1.74 bits per heavy atom. The van der Waals surface area contributed by atoms with Crippen molar-refractivity contribution in [2.24, 2.45) is 4.40 Å². The van der Waals surface area contributed by atoms with Crippen molar-refractivity contribution in [1.29, 1.82) is 0 Å². The van der Waals surface area contributed by atoms with E-state index < -0.39 is 20.2 Å². The van der Waals surface area contributed by atoms with Crippen LogP contribution in [-0.2, 0) is 10.0 Å². The fraction of sp³-hybridized carbons (Fsp3) is 0.107. The SMILES string of the molecule is Cc1ccc(S(=O)(=O)N=C2CCS(c3ccccc3)(c3ccccc3)N2c2ccccc2)cc1. The van der Waals surface area contributed by atoms with Crippen LogP contribution in [0.4, 0.5) is 5.69 Å². The summed E-state index contributed by atoms with van der Waals surface area (Å²) in [5.74, 6) is 1.37. The van der Waals surface area contributed by atoms with Crippen molar-refractivity contribution in [2.75, 3.05) is 10.1 Å². The molecule has 6 heteroatoms. The fourth-order valence-electron chi connectivity index (χ4n) is 4.36. The molecule has 4 aromatic rings. The highest BCUT2D eigenvalue weighted by molar-refractivity contribution is 8.35. The third-order valence-corrected chi connectivity index (χ3v) is 11.2. The van der Waals surface area contributed by atoms with Gasteiger partial charge in [-0.25, -0.2) is 0 Å². The van der Waals surface area contributed by atoms with E-state index in [9.17, 15) is 8.42 Å². The van der Waals surface area contributed by atoms with E-state index in [1.54, 1.807) is 24.3 Å². The monoisotopic (exact) mass is 486 g/mol. The molecule has 1 saturated heterocycles. The van der Waals surface area contributed by atoms with Crippen molar-refractivity contribution in [1.82, 2.24) is 0 Å². The maximum atomic E-state index is 13.4. The smallest absolute Gasteiger partial charge is 0.282 e. The van der Waals surface area contributed by atoms with Gasteiger partial charge in [-0.3, -0.25) is 4.31 Å². The van der Waals surface area contributed by atoms with Crippen molar-refractivity contribution >= 4 is 31.8 Å². The van der Waals surface area contributed by atoms with Crippen LogP contribution in [-0.4, -0.2) is 20.0 Å². The molecule has 34 heavy (non-hydrogen) atoms. The van der Waals surface area contributed by atoms with Gasteiger partial charge in [-0.1, -0.05) is 72.3 Å². The van der Waals surface area contributed by atoms with Crippen LogP contribution in [0.5, 0.6) is 0 Å². The summed E-state index contributed by atoms with van der Waals surface area (Å²) in [6, 6.07) is 37.7. The Morgan fingerprint density at radius 2 is 1.21 bits per heavy atom. The van der Waals surface area contributed by atoms with E-state index in [2.05, 4.69) is 33.0 Å². The summed E-state index contributed by atoms with van der Waals surface area (Å²) in [7, 11) is -5.64. The Labute approximate surface area is 203 Å². The van der Waals surface area contributed by atoms with Crippen LogP contribution in [0.3, 0.4) is 0 Å². The second-order valence-electron chi connectivity index (χ2n) is 8.21. The van der Waals surface area contributed by atoms with E-state index in [0.717, 1.165) is 17.0 Å². The highest BCUT2D eigenvalue weighted by Gasteiger charge is 2.44. The van der Waals surface area contributed by atoms with Crippen LogP contribution in [0.25, 0.3) is 0 Å². The van der Waals surface area contributed by atoms with E-state index in [-0.39, 0.29) is 4.90 Å². The first kappa shape index (κ1) is 22.4. The van der Waals surface area contributed by atoms with Gasteiger partial charge in [-0.05, 0) is 55.5 Å². The molecule has 0 atom stereocenters. The standard InChI is InChI=1S/C28H26N2O2S2/c1-23-17-19-27(20-18-23)34(31,32)29-28-21-22-33(25-13-7-3-8-14-25,26-15-9-4-10-16-26)30(28)24-11-5-2-6-12-24/h2-20H,21-22H2,1H3. The van der Waals surface area contributed by atoms with Gasteiger partial charge in [0.25, 0.3) is 10.0 Å². The fourth-order valence-corrected chi connectivity index (χ4v) is 9.46. The van der Waals surface area contributed by atoms with Gasteiger partial charge in [0.15, 0.2) is 0 Å². The van der Waals surface area contributed by atoms with E-state index in [1.165, 1.54) is 9.79 Å². The van der Waals surface area contributed by atoms with Gasteiger partial charge < -0.3 is 0 Å². The van der Waals surface area contributed by atoms with Gasteiger partial charge in [-0.2, -0.15) is 8.42 Å². The van der Waals surface area contributed by atoms with Crippen LogP contribution in [0.1, 0.15) is 12.0 Å². The molecule has 1 aliphatic heterocycles. The second-order valence-corrected chi connectivity index (χ2v) is 12.9. The highest BCUT2D eigenvalue weighted by atomic mass is 32.3. The van der Waals surface area contributed by atoms with E-state index in [1.807, 2.05) is 73.7 Å². The summed E-state index contributed by atoms with van der Waals surface area (Å²) >= 11 is 0. The molecule has 4 aromatic carbocycles. The maximum Gasteiger partial charge on any atom is 0.283 e. The van der Waals surface area contributed by atoms with Crippen molar-refractivity contribution in [2.45, 2.75) is 28.0 Å². The number of benzene rings is 4. The molecule has 0 saturated carbocycles. The molecule has 1 fully saturated rings. The largest absolute Gasteiger partial charge is 0.283 e. The van der Waals surface area contributed by atoms with Crippen molar-refractivity contribution < 1.29 is 8.42 Å². The molecular weight excluding hydrogens is 460 g/mol. The molecule has 172 valence electrons. The Morgan fingerprint density at radius 1 is 0.706 bits per heavy atom. The van der Waals surface area contributed by atoms with Gasteiger partial charge in [0.1, 0.15) is 5.84 Å². The quantitative estimate of drug-likeness (QED) is 0.311. The topological polar surface area (TPSA) is 49.7 Å². The average molecular weight is 487 g/mol. The number of amidine groups is 1. The van der Waals surface area contributed by atoms with Crippen LogP contribution >= 0.6 is 10.2 Å². The van der Waals surface area contributed by atoms with Crippen molar-refractivity contribution in [3.05, 3.63) is 121 Å². The van der Waals surface area contributed by atoms with E-state index in [4.69, 9.17) is 0 Å². The van der Waals surface area contributed by atoms with E-state index in [0.29, 0.717) is 12.3 Å². The zero-order valence-corrected chi connectivity index (χ0v) is 20.5. The first-order chi connectivity index (χ1) is 16.5. The third kappa shape index (κ3) is 4.04. The molecule has 0 aliphatic carbocycles. The first-order valence-electron chi connectivity index (χ1n) is 11.2. The van der Waals surface area contributed by atoms with E-state index >= 15 is 0 Å². The van der Waals surface area contributed by atoms with Crippen LogP contribution in [0.15, 0.2) is 134 Å². The van der Waals surface area contributed by atoms with Gasteiger partial charge >= 0.3 is 0 Å². The second kappa shape index (κ2) is 9.12. The number of hydrogen-bond acceptors (Lipinski definition) is 2. The predicted octanol–water partition coefficient (Wildman–Crippen LogP) is 6.83. The molecule has 0 amide bonds. The molecule has 0 radical (unpaired) electrons. The summed E-state index contributed by atoms with van der Waals surface area (Å²) in [5, 5.41) is 0. The van der Waals surface area contributed by atoms with Gasteiger partial charge in [0.2, 0.25) is 0 Å². The molecule has 0 N–H and O–H groups in total. The molecular formula is C28H26N2O2S2. The average Bonchev–Trinajstić information content (AvgIpc) is 3.25. The van der Waals surface area contributed by atoms with Crippen molar-refractivity contribution in [3.63, 3.8) is 0 Å². The van der Waals surface area contributed by atoms with Gasteiger partial charge in [0.05, 0.1) is 10.6 Å². The minimum atomic E-state index is -3.86. The molecule has 0 unspecified atom stereocenters. The summed E-state index contributed by atoms with van der Waals surface area (Å²) in [6.07, 6.45) is 0.569. The van der Waals surface area contributed by atoms with Gasteiger partial charge in [-0.15, -0.1) is 14.6 Å². The molecule has 0 spiro atoms. The van der Waals surface area contributed by atoms with Crippen molar-refractivity contribution in [3.8, 4) is 0 Å².